The van der Waals surface area contributed by atoms with Gasteiger partial charge in [-0.3, -0.25) is 9.36 Å². The third-order valence-corrected chi connectivity index (χ3v) is 5.76. The molecule has 9 heteroatoms. The van der Waals surface area contributed by atoms with Crippen molar-refractivity contribution < 1.29 is 23.8 Å². The van der Waals surface area contributed by atoms with Crippen LogP contribution < -0.4 is 20.0 Å². The van der Waals surface area contributed by atoms with Crippen molar-refractivity contribution in [2.24, 2.45) is 4.99 Å². The minimum atomic E-state index is -0.400. The van der Waals surface area contributed by atoms with Crippen LogP contribution in [0.1, 0.15) is 10.6 Å². The largest absolute Gasteiger partial charge is 0.493 e. The molecule has 140 valence electrons. The molecule has 3 aromatic rings. The monoisotopic (exact) mass is 412 g/mol. The molecule has 1 amide bonds. The molecule has 0 atom stereocenters. The average Bonchev–Trinajstić information content (AvgIpc) is 3.39. The molecule has 0 radical (unpaired) electrons. The summed E-state index contributed by atoms with van der Waals surface area (Å²) in [6.07, 6.45) is 4.87. The SMILES string of the molecule is O=C1N=c2cc3c(cc2=CC1=Cc1sc(=S)n(Cc2ccco2)c1O)OCO3. The summed E-state index contributed by atoms with van der Waals surface area (Å²) < 4.78 is 18.0. The topological polar surface area (TPSA) is 86.2 Å². The number of nitrogens with zero attached hydrogens (tertiary/aromatic N) is 2. The van der Waals surface area contributed by atoms with Crippen molar-refractivity contribution in [2.45, 2.75) is 6.54 Å². The van der Waals surface area contributed by atoms with E-state index in [-0.39, 0.29) is 12.7 Å². The fourth-order valence-electron chi connectivity index (χ4n) is 3.01. The Morgan fingerprint density at radius 2 is 2.14 bits per heavy atom. The van der Waals surface area contributed by atoms with Gasteiger partial charge in [0.2, 0.25) is 12.7 Å². The summed E-state index contributed by atoms with van der Waals surface area (Å²) in [6, 6.07) is 7.04. The number of furan rings is 1. The van der Waals surface area contributed by atoms with Gasteiger partial charge in [-0.1, -0.05) is 0 Å². The number of rotatable bonds is 3. The molecule has 4 heterocycles. The lowest BCUT2D eigenvalue weighted by Crippen LogP contribution is -2.30. The third kappa shape index (κ3) is 2.85. The second-order valence-corrected chi connectivity index (χ2v) is 7.82. The van der Waals surface area contributed by atoms with Crippen LogP contribution in [-0.4, -0.2) is 22.4 Å². The van der Waals surface area contributed by atoms with Gasteiger partial charge in [-0.05, 0) is 42.6 Å². The van der Waals surface area contributed by atoms with Crippen molar-refractivity contribution in [1.29, 1.82) is 0 Å². The van der Waals surface area contributed by atoms with E-state index in [0.29, 0.717) is 43.6 Å². The van der Waals surface area contributed by atoms with E-state index >= 15 is 0 Å². The van der Waals surface area contributed by atoms with Gasteiger partial charge in [0.1, 0.15) is 5.76 Å². The van der Waals surface area contributed by atoms with Gasteiger partial charge in [0.05, 0.1) is 23.0 Å². The number of fused-ring (bicyclic) bond motifs is 2. The van der Waals surface area contributed by atoms with Gasteiger partial charge in [-0.2, -0.15) is 0 Å². The molecule has 0 fully saturated rings. The van der Waals surface area contributed by atoms with Gasteiger partial charge in [-0.25, -0.2) is 4.99 Å². The molecule has 5 rings (SSSR count). The van der Waals surface area contributed by atoms with Crippen LogP contribution in [0.5, 0.6) is 17.4 Å². The maximum absolute atomic E-state index is 12.5. The number of hydrogen-bond donors (Lipinski definition) is 1. The number of carbonyl (C=O) groups is 1. The van der Waals surface area contributed by atoms with E-state index in [1.54, 1.807) is 47.2 Å². The van der Waals surface area contributed by atoms with Crippen molar-refractivity contribution in [1.82, 2.24) is 4.57 Å². The van der Waals surface area contributed by atoms with Crippen LogP contribution in [0.4, 0.5) is 0 Å². The minimum Gasteiger partial charge on any atom is -0.493 e. The summed E-state index contributed by atoms with van der Waals surface area (Å²) in [5.74, 6) is 1.44. The molecular weight excluding hydrogens is 400 g/mol. The van der Waals surface area contributed by atoms with E-state index in [1.807, 2.05) is 0 Å². The Labute approximate surface area is 167 Å². The van der Waals surface area contributed by atoms with Crippen molar-refractivity contribution in [2.75, 3.05) is 6.79 Å². The van der Waals surface area contributed by atoms with Crippen LogP contribution in [0.25, 0.3) is 12.2 Å². The lowest BCUT2D eigenvalue weighted by Gasteiger charge is -2.05. The van der Waals surface area contributed by atoms with Gasteiger partial charge < -0.3 is 19.0 Å². The second kappa shape index (κ2) is 6.47. The van der Waals surface area contributed by atoms with Crippen molar-refractivity contribution in [3.05, 3.63) is 61.3 Å². The fraction of sp³-hybridized carbons (Fsp3) is 0.105. The zero-order valence-electron chi connectivity index (χ0n) is 14.2. The van der Waals surface area contributed by atoms with Crippen molar-refractivity contribution in [3.8, 4) is 17.4 Å². The van der Waals surface area contributed by atoms with Gasteiger partial charge in [-0.15, -0.1) is 11.3 Å². The van der Waals surface area contributed by atoms with Crippen molar-refractivity contribution in [3.63, 3.8) is 0 Å². The van der Waals surface area contributed by atoms with E-state index < -0.39 is 5.91 Å². The van der Waals surface area contributed by atoms with Crippen LogP contribution in [0.3, 0.4) is 0 Å². The Hall–Kier alpha value is -3.17. The Morgan fingerprint density at radius 3 is 2.93 bits per heavy atom. The zero-order valence-corrected chi connectivity index (χ0v) is 15.9. The summed E-state index contributed by atoms with van der Waals surface area (Å²) in [4.78, 5) is 17.1. The summed E-state index contributed by atoms with van der Waals surface area (Å²) in [7, 11) is 0. The molecule has 0 bridgehead atoms. The Morgan fingerprint density at radius 1 is 1.32 bits per heavy atom. The quantitative estimate of drug-likeness (QED) is 0.525. The molecule has 28 heavy (non-hydrogen) atoms. The Kier molecular flexibility index (Phi) is 3.92. The lowest BCUT2D eigenvalue weighted by molar-refractivity contribution is -0.114. The summed E-state index contributed by atoms with van der Waals surface area (Å²) in [5, 5.41) is 11.8. The van der Waals surface area contributed by atoms with E-state index in [0.717, 1.165) is 5.22 Å². The normalized spacial score (nSPS) is 16.0. The first-order chi connectivity index (χ1) is 13.6. The second-order valence-electron chi connectivity index (χ2n) is 6.15. The van der Waals surface area contributed by atoms with E-state index in [9.17, 15) is 9.90 Å². The molecule has 0 spiro atoms. The zero-order chi connectivity index (χ0) is 19.3. The highest BCUT2D eigenvalue weighted by atomic mass is 32.1. The molecule has 0 saturated heterocycles. The molecule has 7 nitrogen and oxygen atoms in total. The Balaban J connectivity index is 1.56. The van der Waals surface area contributed by atoms with Gasteiger partial charge in [0.25, 0.3) is 5.91 Å². The highest BCUT2D eigenvalue weighted by Crippen LogP contribution is 2.31. The van der Waals surface area contributed by atoms with Crippen LogP contribution in [0.15, 0.2) is 45.5 Å². The number of hydrogen-bond acceptors (Lipinski definition) is 7. The maximum Gasteiger partial charge on any atom is 0.277 e. The number of amides is 1. The standard InChI is InChI=1S/C19H12N2O5S2/c22-17-11(4-10-5-14-15(26-9-25-14)7-13(10)20-17)6-16-18(23)21(19(27)28-16)8-12-2-1-3-24-12/h1-7,23H,8-9H2. The first-order valence-corrected chi connectivity index (χ1v) is 9.52. The van der Waals surface area contributed by atoms with E-state index in [4.69, 9.17) is 26.1 Å². The summed E-state index contributed by atoms with van der Waals surface area (Å²) in [6.45, 7) is 0.459. The molecule has 1 N–H and O–H groups in total. The highest BCUT2D eigenvalue weighted by molar-refractivity contribution is 7.73. The fourth-order valence-corrected chi connectivity index (χ4v) is 4.27. The van der Waals surface area contributed by atoms with Crippen LogP contribution in [0.2, 0.25) is 0 Å². The van der Waals surface area contributed by atoms with Gasteiger partial charge in [0.15, 0.2) is 15.5 Å². The smallest absolute Gasteiger partial charge is 0.277 e. The first-order valence-electron chi connectivity index (χ1n) is 8.29. The predicted molar refractivity (Wildman–Crippen MR) is 103 cm³/mol. The molecule has 1 aromatic carbocycles. The van der Waals surface area contributed by atoms with Crippen LogP contribution in [-0.2, 0) is 11.3 Å². The molecule has 0 aliphatic carbocycles. The summed E-state index contributed by atoms with van der Waals surface area (Å²) >= 11 is 6.56. The minimum absolute atomic E-state index is 0.0171. The van der Waals surface area contributed by atoms with Crippen molar-refractivity contribution >= 4 is 41.6 Å². The lowest BCUT2D eigenvalue weighted by atomic mass is 10.1. The van der Waals surface area contributed by atoms with E-state index in [2.05, 4.69) is 4.99 Å². The number of thiazole rings is 1. The number of ether oxygens (including phenoxy) is 2. The predicted octanol–water partition coefficient (Wildman–Crippen LogP) is 2.38. The summed E-state index contributed by atoms with van der Waals surface area (Å²) in [5.41, 5.74) is 0.350. The number of aromatic hydroxyl groups is 1. The molecule has 0 unspecified atom stereocenters. The first kappa shape index (κ1) is 17.0. The number of benzene rings is 1. The third-order valence-electron chi connectivity index (χ3n) is 4.38. The van der Waals surface area contributed by atoms with Crippen LogP contribution in [0, 0.1) is 3.95 Å². The Bertz CT molecular complexity index is 1320. The molecule has 0 saturated carbocycles. The van der Waals surface area contributed by atoms with Gasteiger partial charge >= 0.3 is 0 Å². The van der Waals surface area contributed by atoms with E-state index in [1.165, 1.54) is 11.3 Å². The number of aromatic nitrogens is 1. The van der Waals surface area contributed by atoms with Gasteiger partial charge in [0, 0.05) is 16.9 Å². The molecule has 2 aliphatic rings. The number of carbonyl (C=O) groups excluding carboxylic acids is 1. The maximum atomic E-state index is 12.5. The molecule has 2 aromatic heterocycles. The average molecular weight is 412 g/mol. The van der Waals surface area contributed by atoms with Crippen LogP contribution >= 0.6 is 23.6 Å². The molecule has 2 aliphatic heterocycles. The molecular formula is C19H12N2O5S2. The highest BCUT2D eigenvalue weighted by Gasteiger charge is 2.19.